The maximum atomic E-state index is 6.27. The van der Waals surface area contributed by atoms with Crippen molar-refractivity contribution in [3.05, 3.63) is 55.6 Å². The molecule has 1 N–H and O–H groups in total. The average molecular weight is 359 g/mol. The van der Waals surface area contributed by atoms with E-state index < -0.39 is 0 Å². The van der Waals surface area contributed by atoms with Crippen LogP contribution < -0.4 is 5.32 Å². The minimum atomic E-state index is 0.293. The molecule has 0 radical (unpaired) electrons. The second-order valence-electron chi connectivity index (χ2n) is 4.47. The van der Waals surface area contributed by atoms with Gasteiger partial charge < -0.3 is 5.32 Å². The van der Waals surface area contributed by atoms with Gasteiger partial charge in [-0.1, -0.05) is 46.6 Å². The summed E-state index contributed by atoms with van der Waals surface area (Å²) in [5.41, 5.74) is 1.31. The Bertz CT molecular complexity index is 526. The zero-order chi connectivity index (χ0) is 13.7. The van der Waals surface area contributed by atoms with Crippen LogP contribution >= 0.6 is 38.9 Å². The molecule has 1 unspecified atom stereocenters. The molecule has 102 valence electrons. The summed E-state index contributed by atoms with van der Waals surface area (Å²) in [4.78, 5) is 1.23. The highest BCUT2D eigenvalue weighted by Gasteiger charge is 2.16. The van der Waals surface area contributed by atoms with Crippen LogP contribution in [0.25, 0.3) is 0 Å². The van der Waals surface area contributed by atoms with Crippen LogP contribution in [0.4, 0.5) is 0 Å². The van der Waals surface area contributed by atoms with Gasteiger partial charge in [0.15, 0.2) is 0 Å². The molecule has 1 heterocycles. The number of thiophene rings is 1. The highest BCUT2D eigenvalue weighted by molar-refractivity contribution is 9.10. The van der Waals surface area contributed by atoms with Crippen LogP contribution in [0.1, 0.15) is 29.8 Å². The molecular weight excluding hydrogens is 342 g/mol. The minimum absolute atomic E-state index is 0.293. The highest BCUT2D eigenvalue weighted by atomic mass is 79.9. The third-order valence-corrected chi connectivity index (χ3v) is 4.90. The van der Waals surface area contributed by atoms with Crippen molar-refractivity contribution in [1.82, 2.24) is 5.32 Å². The SMILES string of the molecule is CCCNC(Cc1cccc(Br)c1)c1sccc1Cl. The van der Waals surface area contributed by atoms with Crippen LogP contribution in [-0.2, 0) is 6.42 Å². The zero-order valence-corrected chi connectivity index (χ0v) is 14.0. The number of rotatable bonds is 6. The second-order valence-corrected chi connectivity index (χ2v) is 6.74. The Morgan fingerprint density at radius 3 is 2.84 bits per heavy atom. The minimum Gasteiger partial charge on any atom is -0.309 e. The fraction of sp³-hybridized carbons (Fsp3) is 0.333. The number of nitrogens with one attached hydrogen (secondary N) is 1. The van der Waals surface area contributed by atoms with Crippen molar-refractivity contribution in [2.75, 3.05) is 6.54 Å². The summed E-state index contributed by atoms with van der Waals surface area (Å²) in [6.07, 6.45) is 2.08. The van der Waals surface area contributed by atoms with Gasteiger partial charge in [-0.2, -0.15) is 0 Å². The Hall–Kier alpha value is -0.350. The lowest BCUT2D eigenvalue weighted by molar-refractivity contribution is 0.536. The summed E-state index contributed by atoms with van der Waals surface area (Å²) in [5.74, 6) is 0. The van der Waals surface area contributed by atoms with E-state index in [-0.39, 0.29) is 0 Å². The summed E-state index contributed by atoms with van der Waals surface area (Å²) < 4.78 is 1.12. The lowest BCUT2D eigenvalue weighted by Crippen LogP contribution is -2.23. The van der Waals surface area contributed by atoms with Crippen molar-refractivity contribution in [3.8, 4) is 0 Å². The molecule has 0 aliphatic heterocycles. The number of hydrogen-bond acceptors (Lipinski definition) is 2. The predicted molar refractivity (Wildman–Crippen MR) is 88.2 cm³/mol. The second kappa shape index (κ2) is 7.44. The molecule has 0 spiro atoms. The van der Waals surface area contributed by atoms with Crippen molar-refractivity contribution in [2.45, 2.75) is 25.8 Å². The monoisotopic (exact) mass is 357 g/mol. The van der Waals surface area contributed by atoms with Crippen LogP contribution in [0.3, 0.4) is 0 Å². The first-order chi connectivity index (χ1) is 9.20. The van der Waals surface area contributed by atoms with Crippen molar-refractivity contribution in [3.63, 3.8) is 0 Å². The van der Waals surface area contributed by atoms with Crippen LogP contribution in [-0.4, -0.2) is 6.54 Å². The van der Waals surface area contributed by atoms with Crippen molar-refractivity contribution >= 4 is 38.9 Å². The molecule has 0 saturated heterocycles. The van der Waals surface area contributed by atoms with Crippen molar-refractivity contribution < 1.29 is 0 Å². The Morgan fingerprint density at radius 1 is 1.37 bits per heavy atom. The van der Waals surface area contributed by atoms with E-state index in [9.17, 15) is 0 Å². The zero-order valence-electron chi connectivity index (χ0n) is 10.8. The first-order valence-corrected chi connectivity index (χ1v) is 8.46. The van der Waals surface area contributed by atoms with Gasteiger partial charge in [0, 0.05) is 15.4 Å². The maximum absolute atomic E-state index is 6.27. The molecule has 19 heavy (non-hydrogen) atoms. The molecule has 2 rings (SSSR count). The van der Waals surface area contributed by atoms with Gasteiger partial charge in [-0.3, -0.25) is 0 Å². The Kier molecular flexibility index (Phi) is 5.89. The Labute approximate surface area is 132 Å². The smallest absolute Gasteiger partial charge is 0.0561 e. The first-order valence-electron chi connectivity index (χ1n) is 6.41. The van der Waals surface area contributed by atoms with Crippen molar-refractivity contribution in [1.29, 1.82) is 0 Å². The lowest BCUT2D eigenvalue weighted by atomic mass is 10.0. The van der Waals surface area contributed by atoms with Gasteiger partial charge in [0.25, 0.3) is 0 Å². The largest absolute Gasteiger partial charge is 0.309 e. The molecule has 0 aliphatic carbocycles. The molecule has 1 atom stereocenters. The molecule has 0 fully saturated rings. The standard InChI is InChI=1S/C15H17BrClNS/c1-2-7-18-14(15-13(17)6-8-19-15)10-11-4-3-5-12(16)9-11/h3-6,8-9,14,18H,2,7,10H2,1H3. The number of hydrogen-bond donors (Lipinski definition) is 1. The molecule has 4 heteroatoms. The third-order valence-electron chi connectivity index (χ3n) is 2.93. The van der Waals surface area contributed by atoms with Gasteiger partial charge in [-0.25, -0.2) is 0 Å². The van der Waals surface area contributed by atoms with Crippen LogP contribution in [0.15, 0.2) is 40.2 Å². The average Bonchev–Trinajstić information content (AvgIpc) is 2.81. The molecular formula is C15H17BrClNS. The Balaban J connectivity index is 2.16. The van der Waals surface area contributed by atoms with Gasteiger partial charge in [-0.15, -0.1) is 11.3 Å². The van der Waals surface area contributed by atoms with Crippen LogP contribution in [0.5, 0.6) is 0 Å². The molecule has 2 aromatic rings. The fourth-order valence-corrected chi connectivity index (χ4v) is 3.74. The molecule has 0 saturated carbocycles. The molecule has 1 nitrogen and oxygen atoms in total. The molecule has 1 aromatic carbocycles. The van der Waals surface area contributed by atoms with E-state index in [2.05, 4.69) is 57.8 Å². The Morgan fingerprint density at radius 2 is 2.21 bits per heavy atom. The van der Waals surface area contributed by atoms with Gasteiger partial charge in [0.2, 0.25) is 0 Å². The normalized spacial score (nSPS) is 12.6. The lowest BCUT2D eigenvalue weighted by Gasteiger charge is -2.18. The summed E-state index contributed by atoms with van der Waals surface area (Å²) in [5, 5.41) is 6.52. The van der Waals surface area contributed by atoms with E-state index >= 15 is 0 Å². The van der Waals surface area contributed by atoms with Gasteiger partial charge in [0.05, 0.1) is 5.02 Å². The summed E-state index contributed by atoms with van der Waals surface area (Å²) in [6.45, 7) is 3.19. The fourth-order valence-electron chi connectivity index (χ4n) is 2.03. The summed E-state index contributed by atoms with van der Waals surface area (Å²) in [7, 11) is 0. The van der Waals surface area contributed by atoms with Crippen molar-refractivity contribution in [2.24, 2.45) is 0 Å². The summed E-state index contributed by atoms with van der Waals surface area (Å²) >= 11 is 11.5. The first kappa shape index (κ1) is 15.0. The molecule has 1 aromatic heterocycles. The van der Waals surface area contributed by atoms with Crippen LogP contribution in [0.2, 0.25) is 5.02 Å². The molecule has 0 bridgehead atoms. The highest BCUT2D eigenvalue weighted by Crippen LogP contribution is 2.31. The van der Waals surface area contributed by atoms with E-state index in [4.69, 9.17) is 11.6 Å². The quantitative estimate of drug-likeness (QED) is 0.724. The third kappa shape index (κ3) is 4.32. The van der Waals surface area contributed by atoms with Gasteiger partial charge in [0.1, 0.15) is 0 Å². The summed E-state index contributed by atoms with van der Waals surface area (Å²) in [6, 6.07) is 10.7. The van der Waals surface area contributed by atoms with E-state index in [1.807, 2.05) is 6.07 Å². The van der Waals surface area contributed by atoms with E-state index in [0.29, 0.717) is 6.04 Å². The van der Waals surface area contributed by atoms with Crippen LogP contribution in [0, 0.1) is 0 Å². The topological polar surface area (TPSA) is 12.0 Å². The van der Waals surface area contributed by atoms with E-state index in [1.165, 1.54) is 10.4 Å². The predicted octanol–water partition coefficient (Wildman–Crippen LogP) is 5.45. The maximum Gasteiger partial charge on any atom is 0.0561 e. The molecule has 0 amide bonds. The van der Waals surface area contributed by atoms with Gasteiger partial charge >= 0.3 is 0 Å². The van der Waals surface area contributed by atoms with E-state index in [0.717, 1.165) is 28.9 Å². The number of benzene rings is 1. The molecule has 0 aliphatic rings. The number of halogens is 2. The van der Waals surface area contributed by atoms with E-state index in [1.54, 1.807) is 11.3 Å². The van der Waals surface area contributed by atoms with Gasteiger partial charge in [-0.05, 0) is 48.5 Å².